The molecule has 0 saturated carbocycles. The quantitative estimate of drug-likeness (QED) is 0.527. The van der Waals surface area contributed by atoms with Gasteiger partial charge in [0.05, 0.1) is 29.1 Å². The van der Waals surface area contributed by atoms with Gasteiger partial charge in [-0.3, -0.25) is 0 Å². The molecule has 0 fully saturated rings. The van der Waals surface area contributed by atoms with E-state index in [4.69, 9.17) is 9.16 Å². The van der Waals surface area contributed by atoms with Crippen molar-refractivity contribution in [3.63, 3.8) is 0 Å². The molecule has 0 saturated heterocycles. The van der Waals surface area contributed by atoms with Crippen molar-refractivity contribution in [1.82, 2.24) is 9.78 Å². The van der Waals surface area contributed by atoms with E-state index in [2.05, 4.69) is 54.7 Å². The highest BCUT2D eigenvalue weighted by atomic mass is 32.2. The Hall–Kier alpha value is -2.17. The number of carbonyl (C=O) groups excluding carboxylic acids is 1. The lowest BCUT2D eigenvalue weighted by molar-refractivity contribution is 0.135. The number of nitrogens with one attached hydrogen (secondary N) is 1. The van der Waals surface area contributed by atoms with Crippen molar-refractivity contribution in [2.24, 2.45) is 4.36 Å². The van der Waals surface area contributed by atoms with Gasteiger partial charge in [-0.15, -0.1) is 4.36 Å². The molecule has 5 rings (SSSR count). The van der Waals surface area contributed by atoms with Crippen LogP contribution in [0.4, 0.5) is 10.5 Å². The summed E-state index contributed by atoms with van der Waals surface area (Å²) in [5.74, 6) is 0.421. The molecule has 8 nitrogen and oxygen atoms in total. The highest BCUT2D eigenvalue weighted by molar-refractivity contribution is 7.93. The Morgan fingerprint density at radius 1 is 1.22 bits per heavy atom. The zero-order valence-electron chi connectivity index (χ0n) is 22.3. The second kappa shape index (κ2) is 8.99. The fraction of sp³-hybridized carbons (Fsp3) is 0.615. The molecule has 2 amide bonds. The summed E-state index contributed by atoms with van der Waals surface area (Å²) in [6.45, 7) is 12.0. The predicted molar refractivity (Wildman–Crippen MR) is 144 cm³/mol. The number of rotatable bonds is 5. The normalized spacial score (nSPS) is 20.3. The minimum Gasteiger partial charge on any atom is -0.469 e. The monoisotopic (exact) mass is 530 g/mol. The molecule has 0 spiro atoms. The van der Waals surface area contributed by atoms with Crippen LogP contribution in [0, 0.1) is 0 Å². The molecule has 1 aliphatic heterocycles. The van der Waals surface area contributed by atoms with Gasteiger partial charge in [-0.25, -0.2) is 13.7 Å². The molecule has 0 unspecified atom stereocenters. The number of amides is 2. The molecule has 2 heterocycles. The molecule has 36 heavy (non-hydrogen) atoms. The van der Waals surface area contributed by atoms with Gasteiger partial charge in [-0.2, -0.15) is 5.10 Å². The summed E-state index contributed by atoms with van der Waals surface area (Å²) < 4.78 is 31.9. The number of benzene rings is 1. The van der Waals surface area contributed by atoms with Gasteiger partial charge in [0.25, 0.3) is 0 Å². The van der Waals surface area contributed by atoms with E-state index in [1.54, 1.807) is 4.68 Å². The molecule has 0 radical (unpaired) electrons. The Labute approximate surface area is 215 Å². The molecule has 1 aromatic carbocycles. The average molecular weight is 531 g/mol. The third-order valence-corrected chi connectivity index (χ3v) is 14.3. The molecule has 2 aromatic rings. The molecule has 196 valence electrons. The van der Waals surface area contributed by atoms with Crippen LogP contribution >= 0.6 is 0 Å². The van der Waals surface area contributed by atoms with E-state index in [-0.39, 0.29) is 11.1 Å². The molecular formula is C26H38N4O4SSi. The van der Waals surface area contributed by atoms with Gasteiger partial charge in [-0.1, -0.05) is 26.8 Å². The van der Waals surface area contributed by atoms with Crippen molar-refractivity contribution in [3.8, 4) is 5.88 Å². The molecule has 10 heteroatoms. The summed E-state index contributed by atoms with van der Waals surface area (Å²) in [7, 11) is -4.97. The van der Waals surface area contributed by atoms with Crippen LogP contribution in [-0.4, -0.2) is 47.3 Å². The second-order valence-corrected chi connectivity index (χ2v) is 18.9. The number of hydrogen-bond donors (Lipinski definition) is 1. The molecule has 2 atom stereocenters. The number of fused-ring (bicyclic) bond motifs is 3. The zero-order valence-corrected chi connectivity index (χ0v) is 24.1. The number of aryl methyl sites for hydroxylation is 2. The van der Waals surface area contributed by atoms with Crippen LogP contribution in [-0.2, 0) is 46.4 Å². The van der Waals surface area contributed by atoms with Gasteiger partial charge in [0.15, 0.2) is 8.32 Å². The Balaban J connectivity index is 1.33. The predicted octanol–water partition coefficient (Wildman–Crippen LogP) is 5.33. The van der Waals surface area contributed by atoms with Gasteiger partial charge < -0.3 is 14.5 Å². The lowest BCUT2D eigenvalue weighted by atomic mass is 9.99. The molecule has 0 bridgehead atoms. The SMILES string of the molecule is CC(C)(C)[Si](C)(C)OC[C@H]1Cn2ncc([S@@](C)(=O)=NC(=O)Nc3c4c(cc5c3CCC5)CCC4)c2O1. The number of nitrogens with zero attached hydrogens (tertiary/aromatic N) is 3. The van der Waals surface area contributed by atoms with Crippen LogP contribution in [0.3, 0.4) is 0 Å². The van der Waals surface area contributed by atoms with Gasteiger partial charge in [0.1, 0.15) is 11.0 Å². The summed E-state index contributed by atoms with van der Waals surface area (Å²) in [5, 5.41) is 7.49. The van der Waals surface area contributed by atoms with Crippen LogP contribution in [0.15, 0.2) is 21.5 Å². The summed E-state index contributed by atoms with van der Waals surface area (Å²) in [5.41, 5.74) is 6.01. The van der Waals surface area contributed by atoms with Gasteiger partial charge in [-0.05, 0) is 78.9 Å². The fourth-order valence-electron chi connectivity index (χ4n) is 5.16. The Bertz CT molecular complexity index is 1300. The number of urea groups is 1. The molecule has 1 aromatic heterocycles. The molecule has 1 N–H and O–H groups in total. The number of ether oxygens (including phenoxy) is 1. The smallest absolute Gasteiger partial charge is 0.353 e. The van der Waals surface area contributed by atoms with Crippen molar-refractivity contribution < 1.29 is 18.2 Å². The molecule has 2 aliphatic carbocycles. The maximum atomic E-state index is 13.6. The first-order valence-electron chi connectivity index (χ1n) is 12.9. The van der Waals surface area contributed by atoms with E-state index in [1.807, 2.05) is 0 Å². The number of anilines is 1. The summed E-state index contributed by atoms with van der Waals surface area (Å²) in [6, 6.07) is 1.74. The lowest BCUT2D eigenvalue weighted by Crippen LogP contribution is -2.43. The van der Waals surface area contributed by atoms with Gasteiger partial charge in [0, 0.05) is 11.9 Å². The fourth-order valence-corrected chi connectivity index (χ4v) is 7.38. The summed E-state index contributed by atoms with van der Waals surface area (Å²) in [6.07, 6.45) is 9.00. The maximum Gasteiger partial charge on any atom is 0.353 e. The zero-order chi connectivity index (χ0) is 25.9. The van der Waals surface area contributed by atoms with E-state index in [9.17, 15) is 9.00 Å². The van der Waals surface area contributed by atoms with Crippen LogP contribution in [0.2, 0.25) is 18.1 Å². The number of hydrogen-bond acceptors (Lipinski definition) is 5. The van der Waals surface area contributed by atoms with Crippen LogP contribution in [0.25, 0.3) is 0 Å². The van der Waals surface area contributed by atoms with Crippen molar-refractivity contribution >= 4 is 29.8 Å². The third kappa shape index (κ3) is 4.63. The van der Waals surface area contributed by atoms with Crippen LogP contribution in [0.5, 0.6) is 5.88 Å². The first-order valence-corrected chi connectivity index (χ1v) is 17.7. The maximum absolute atomic E-state index is 13.6. The summed E-state index contributed by atoms with van der Waals surface area (Å²) in [4.78, 5) is 13.4. The number of aromatic nitrogens is 2. The Kier molecular flexibility index (Phi) is 6.36. The topological polar surface area (TPSA) is 94.8 Å². The number of carbonyl (C=O) groups is 1. The molecular weight excluding hydrogens is 492 g/mol. The van der Waals surface area contributed by atoms with Crippen LogP contribution < -0.4 is 10.1 Å². The van der Waals surface area contributed by atoms with Crippen molar-refractivity contribution in [3.05, 3.63) is 34.5 Å². The standard InChI is InChI=1S/C26H38N4O4SSi/c1-26(2,3)36(5,6)33-16-19-15-30-24(34-19)22(14-27-30)35(4,32)29-25(31)28-23-20-11-7-9-17(20)13-18-10-8-12-21(18)23/h13-14,19H,7-12,15-16H2,1-6H3,(H,28,31)/t19-,35-/m1/s1. The lowest BCUT2D eigenvalue weighted by Gasteiger charge is -2.36. The van der Waals surface area contributed by atoms with E-state index >= 15 is 0 Å². The van der Waals surface area contributed by atoms with Crippen molar-refractivity contribution in [1.29, 1.82) is 0 Å². The van der Waals surface area contributed by atoms with E-state index in [0.29, 0.717) is 23.9 Å². The van der Waals surface area contributed by atoms with E-state index < -0.39 is 24.1 Å². The second-order valence-electron chi connectivity index (χ2n) is 11.9. The molecule has 3 aliphatic rings. The summed E-state index contributed by atoms with van der Waals surface area (Å²) >= 11 is 0. The highest BCUT2D eigenvalue weighted by Crippen LogP contribution is 2.39. The minimum atomic E-state index is -3.06. The Morgan fingerprint density at radius 3 is 2.47 bits per heavy atom. The minimum absolute atomic E-state index is 0.104. The van der Waals surface area contributed by atoms with Gasteiger partial charge >= 0.3 is 6.03 Å². The first-order chi connectivity index (χ1) is 16.9. The highest BCUT2D eigenvalue weighted by Gasteiger charge is 2.39. The van der Waals surface area contributed by atoms with Crippen molar-refractivity contribution in [2.75, 3.05) is 18.2 Å². The average Bonchev–Trinajstić information content (AvgIpc) is 3.54. The Morgan fingerprint density at radius 2 is 1.86 bits per heavy atom. The van der Waals surface area contributed by atoms with Gasteiger partial charge in [0.2, 0.25) is 5.88 Å². The van der Waals surface area contributed by atoms with Crippen LogP contribution in [0.1, 0.15) is 55.9 Å². The van der Waals surface area contributed by atoms with E-state index in [1.165, 1.54) is 34.7 Å². The third-order valence-electron chi connectivity index (χ3n) is 8.22. The van der Waals surface area contributed by atoms with Crippen molar-refractivity contribution in [2.45, 2.75) is 95.0 Å². The largest absolute Gasteiger partial charge is 0.469 e. The first kappa shape index (κ1) is 25.5. The van der Waals surface area contributed by atoms with E-state index in [0.717, 1.165) is 44.2 Å².